The lowest BCUT2D eigenvalue weighted by atomic mass is 10.2. The summed E-state index contributed by atoms with van der Waals surface area (Å²) in [5, 5.41) is 2.25. The molecule has 0 atom stereocenters. The first kappa shape index (κ1) is 16.4. The largest absolute Gasteiger partial charge is 0.481 e. The molecular weight excluding hydrogens is 308 g/mol. The van der Waals surface area contributed by atoms with Gasteiger partial charge in [0.15, 0.2) is 18.2 Å². The second kappa shape index (κ2) is 7.35. The average molecular weight is 321 g/mol. The van der Waals surface area contributed by atoms with Gasteiger partial charge in [-0.1, -0.05) is 12.1 Å². The normalized spacial score (nSPS) is 10.0. The molecule has 5 nitrogen and oxygen atoms in total. The smallest absolute Gasteiger partial charge is 0.337 e. The number of carbonyl (C=O) groups excluding carboxylic acids is 2. The van der Waals surface area contributed by atoms with Crippen molar-refractivity contribution in [2.75, 3.05) is 19.0 Å². The van der Waals surface area contributed by atoms with E-state index in [-0.39, 0.29) is 17.0 Å². The molecule has 0 spiro atoms. The summed E-state index contributed by atoms with van der Waals surface area (Å²) in [6.45, 7) is -0.511. The molecule has 0 saturated carbocycles. The van der Waals surface area contributed by atoms with Crippen molar-refractivity contribution in [1.29, 1.82) is 0 Å². The summed E-state index contributed by atoms with van der Waals surface area (Å²) in [4.78, 5) is 23.1. The second-order valence-electron chi connectivity index (χ2n) is 4.45. The molecule has 1 N–H and O–H groups in total. The van der Waals surface area contributed by atoms with Crippen LogP contribution in [0.1, 0.15) is 10.4 Å². The van der Waals surface area contributed by atoms with E-state index in [1.807, 2.05) is 0 Å². The predicted molar refractivity (Wildman–Crippen MR) is 78.3 cm³/mol. The number of rotatable bonds is 5. The fourth-order valence-electron chi connectivity index (χ4n) is 1.76. The molecule has 0 bridgehead atoms. The maximum atomic E-state index is 13.7. The third-order valence-electron chi connectivity index (χ3n) is 2.86. The number of para-hydroxylation sites is 1. The third-order valence-corrected chi connectivity index (χ3v) is 2.86. The molecule has 0 aliphatic heterocycles. The molecular formula is C16H13F2NO4. The van der Waals surface area contributed by atoms with Gasteiger partial charge in [-0.25, -0.2) is 13.6 Å². The van der Waals surface area contributed by atoms with E-state index < -0.39 is 30.1 Å². The van der Waals surface area contributed by atoms with Gasteiger partial charge in [-0.2, -0.15) is 0 Å². The number of hydrogen-bond acceptors (Lipinski definition) is 4. The minimum Gasteiger partial charge on any atom is -0.481 e. The van der Waals surface area contributed by atoms with Gasteiger partial charge in [0.25, 0.3) is 5.91 Å². The number of hydrogen-bond donors (Lipinski definition) is 1. The second-order valence-corrected chi connectivity index (χ2v) is 4.45. The van der Waals surface area contributed by atoms with Crippen molar-refractivity contribution >= 4 is 17.6 Å². The molecule has 0 aliphatic carbocycles. The van der Waals surface area contributed by atoms with Crippen LogP contribution in [0.25, 0.3) is 0 Å². The molecule has 1 amide bonds. The Hall–Kier alpha value is -2.96. The first-order valence-electron chi connectivity index (χ1n) is 6.56. The van der Waals surface area contributed by atoms with Crippen LogP contribution in [0.15, 0.2) is 42.5 Å². The Morgan fingerprint density at radius 3 is 2.52 bits per heavy atom. The number of methoxy groups -OCH3 is 1. The highest BCUT2D eigenvalue weighted by atomic mass is 19.1. The van der Waals surface area contributed by atoms with Gasteiger partial charge in [0.2, 0.25) is 0 Å². The van der Waals surface area contributed by atoms with Crippen LogP contribution in [-0.2, 0) is 9.53 Å². The predicted octanol–water partition coefficient (Wildman–Crippen LogP) is 2.77. The van der Waals surface area contributed by atoms with E-state index in [0.717, 1.165) is 12.1 Å². The molecule has 7 heteroatoms. The van der Waals surface area contributed by atoms with Gasteiger partial charge >= 0.3 is 5.97 Å². The van der Waals surface area contributed by atoms with E-state index in [4.69, 9.17) is 4.74 Å². The van der Waals surface area contributed by atoms with E-state index in [2.05, 4.69) is 10.1 Å². The molecule has 0 radical (unpaired) electrons. The minimum atomic E-state index is -0.725. The topological polar surface area (TPSA) is 64.6 Å². The van der Waals surface area contributed by atoms with Crippen LogP contribution in [0.4, 0.5) is 14.5 Å². The van der Waals surface area contributed by atoms with Crippen LogP contribution in [0.3, 0.4) is 0 Å². The highest BCUT2D eigenvalue weighted by Crippen LogP contribution is 2.18. The standard InChI is InChI=1S/C16H13F2NO4/c1-22-16(21)10-6-7-11(17)13(8-10)19-15(20)9-23-14-5-3-2-4-12(14)18/h2-8H,9H2,1H3,(H,19,20). The number of carbonyl (C=O) groups is 2. The van der Waals surface area contributed by atoms with Crippen molar-refractivity contribution in [1.82, 2.24) is 0 Å². The number of anilines is 1. The van der Waals surface area contributed by atoms with Gasteiger partial charge in [-0.3, -0.25) is 4.79 Å². The van der Waals surface area contributed by atoms with Crippen LogP contribution in [0.2, 0.25) is 0 Å². The Kier molecular flexibility index (Phi) is 5.24. The first-order chi connectivity index (χ1) is 11.0. The number of amides is 1. The lowest BCUT2D eigenvalue weighted by molar-refractivity contribution is -0.118. The molecule has 0 aliphatic rings. The molecule has 0 heterocycles. The van der Waals surface area contributed by atoms with Crippen molar-refractivity contribution in [2.45, 2.75) is 0 Å². The zero-order chi connectivity index (χ0) is 16.8. The molecule has 0 aromatic heterocycles. The van der Waals surface area contributed by atoms with Gasteiger partial charge in [0.05, 0.1) is 18.4 Å². The Labute approximate surface area is 130 Å². The van der Waals surface area contributed by atoms with E-state index in [1.54, 1.807) is 6.07 Å². The van der Waals surface area contributed by atoms with Crippen LogP contribution < -0.4 is 10.1 Å². The van der Waals surface area contributed by atoms with Gasteiger partial charge in [-0.05, 0) is 30.3 Å². The first-order valence-corrected chi connectivity index (χ1v) is 6.56. The monoisotopic (exact) mass is 321 g/mol. The summed E-state index contributed by atoms with van der Waals surface area (Å²) in [5.74, 6) is -2.79. The zero-order valence-electron chi connectivity index (χ0n) is 12.1. The SMILES string of the molecule is COC(=O)c1ccc(F)c(NC(=O)COc2ccccc2F)c1. The lowest BCUT2D eigenvalue weighted by Crippen LogP contribution is -2.21. The molecule has 0 saturated heterocycles. The van der Waals surface area contributed by atoms with E-state index in [1.165, 1.54) is 31.4 Å². The third kappa shape index (κ3) is 4.26. The zero-order valence-corrected chi connectivity index (χ0v) is 12.1. The molecule has 2 aromatic carbocycles. The molecule has 0 fully saturated rings. The summed E-state index contributed by atoms with van der Waals surface area (Å²) in [7, 11) is 1.19. The van der Waals surface area contributed by atoms with Crippen molar-refractivity contribution in [3.8, 4) is 5.75 Å². The average Bonchev–Trinajstić information content (AvgIpc) is 2.55. The Morgan fingerprint density at radius 2 is 1.83 bits per heavy atom. The fraction of sp³-hybridized carbons (Fsp3) is 0.125. The maximum Gasteiger partial charge on any atom is 0.337 e. The summed E-state index contributed by atoms with van der Waals surface area (Å²) < 4.78 is 36.5. The summed E-state index contributed by atoms with van der Waals surface area (Å²) in [6.07, 6.45) is 0. The van der Waals surface area contributed by atoms with Crippen LogP contribution in [0, 0.1) is 11.6 Å². The molecule has 120 valence electrons. The van der Waals surface area contributed by atoms with E-state index >= 15 is 0 Å². The molecule has 2 aromatic rings. The molecule has 23 heavy (non-hydrogen) atoms. The summed E-state index contributed by atoms with van der Waals surface area (Å²) in [6, 6.07) is 8.98. The minimum absolute atomic E-state index is 0.0826. The van der Waals surface area contributed by atoms with Crippen LogP contribution in [0.5, 0.6) is 5.75 Å². The van der Waals surface area contributed by atoms with Crippen molar-refractivity contribution in [3.05, 3.63) is 59.7 Å². The molecule has 2 rings (SSSR count). The number of nitrogens with one attached hydrogen (secondary N) is 1. The van der Waals surface area contributed by atoms with E-state index in [0.29, 0.717) is 0 Å². The molecule has 0 unspecified atom stereocenters. The Bertz CT molecular complexity index is 734. The summed E-state index contributed by atoms with van der Waals surface area (Å²) >= 11 is 0. The van der Waals surface area contributed by atoms with Gasteiger partial charge in [0.1, 0.15) is 5.82 Å². The van der Waals surface area contributed by atoms with Gasteiger partial charge in [-0.15, -0.1) is 0 Å². The van der Waals surface area contributed by atoms with Gasteiger partial charge < -0.3 is 14.8 Å². The quantitative estimate of drug-likeness (QED) is 0.860. The van der Waals surface area contributed by atoms with Crippen LogP contribution >= 0.6 is 0 Å². The number of ether oxygens (including phenoxy) is 2. The van der Waals surface area contributed by atoms with Crippen molar-refractivity contribution in [2.24, 2.45) is 0 Å². The van der Waals surface area contributed by atoms with E-state index in [9.17, 15) is 18.4 Å². The summed E-state index contributed by atoms with van der Waals surface area (Å²) in [5.41, 5.74) is -0.116. The van der Waals surface area contributed by atoms with Crippen molar-refractivity contribution in [3.63, 3.8) is 0 Å². The van der Waals surface area contributed by atoms with Crippen LogP contribution in [-0.4, -0.2) is 25.6 Å². The highest BCUT2D eigenvalue weighted by molar-refractivity contribution is 5.95. The highest BCUT2D eigenvalue weighted by Gasteiger charge is 2.13. The lowest BCUT2D eigenvalue weighted by Gasteiger charge is -2.09. The van der Waals surface area contributed by atoms with Crippen molar-refractivity contribution < 1.29 is 27.8 Å². The number of esters is 1. The number of halogens is 2. The maximum absolute atomic E-state index is 13.7. The van der Waals surface area contributed by atoms with Gasteiger partial charge in [0, 0.05) is 0 Å². The fourth-order valence-corrected chi connectivity index (χ4v) is 1.76. The Balaban J connectivity index is 2.02. The Morgan fingerprint density at radius 1 is 1.09 bits per heavy atom. The number of benzene rings is 2.